The van der Waals surface area contributed by atoms with Gasteiger partial charge in [0.15, 0.2) is 5.58 Å². The zero-order valence-electron chi connectivity index (χ0n) is 9.34. The lowest BCUT2D eigenvalue weighted by Crippen LogP contribution is -1.92. The number of aromatic nitrogens is 2. The molecule has 18 heavy (non-hydrogen) atoms. The van der Waals surface area contributed by atoms with Crippen molar-refractivity contribution in [2.75, 3.05) is 6.61 Å². The first kappa shape index (κ1) is 11.2. The summed E-state index contributed by atoms with van der Waals surface area (Å²) in [6.45, 7) is 0.0959. The summed E-state index contributed by atoms with van der Waals surface area (Å²) in [7, 11) is 0. The van der Waals surface area contributed by atoms with Gasteiger partial charge in [0, 0.05) is 24.0 Å². The number of nitrogens with zero attached hydrogens (tertiary/aromatic N) is 1. The quantitative estimate of drug-likeness (QED) is 0.754. The number of benzene rings is 1. The third kappa shape index (κ3) is 1.96. The fourth-order valence-corrected chi connectivity index (χ4v) is 2.56. The van der Waals surface area contributed by atoms with E-state index < -0.39 is 5.76 Å². The van der Waals surface area contributed by atoms with Crippen molar-refractivity contribution in [3.05, 3.63) is 39.1 Å². The summed E-state index contributed by atoms with van der Waals surface area (Å²) in [6.07, 6.45) is 0.562. The van der Waals surface area contributed by atoms with Gasteiger partial charge in [-0.2, -0.15) is 0 Å². The molecule has 3 aromatic rings. The molecule has 0 saturated carbocycles. The molecule has 5 nitrogen and oxygen atoms in total. The largest absolute Gasteiger partial charge is 0.417 e. The number of hydrogen-bond acceptors (Lipinski definition) is 5. The number of aromatic amines is 1. The van der Waals surface area contributed by atoms with Crippen LogP contribution < -0.4 is 5.76 Å². The van der Waals surface area contributed by atoms with Gasteiger partial charge in [-0.25, -0.2) is 9.78 Å². The van der Waals surface area contributed by atoms with E-state index in [2.05, 4.69) is 9.97 Å². The maximum atomic E-state index is 11.1. The lowest BCUT2D eigenvalue weighted by molar-refractivity contribution is 0.299. The van der Waals surface area contributed by atoms with Crippen LogP contribution in [0.25, 0.3) is 22.4 Å². The van der Waals surface area contributed by atoms with E-state index in [0.717, 1.165) is 16.3 Å². The molecule has 0 fully saturated rings. The van der Waals surface area contributed by atoms with E-state index in [0.29, 0.717) is 17.5 Å². The Hall–Kier alpha value is -1.92. The first-order chi connectivity index (χ1) is 8.76. The predicted octanol–water partition coefficient (Wildman–Crippen LogP) is 1.78. The molecule has 0 saturated heterocycles. The summed E-state index contributed by atoms with van der Waals surface area (Å²) in [4.78, 5) is 18.1. The van der Waals surface area contributed by atoms with E-state index >= 15 is 0 Å². The monoisotopic (exact) mass is 262 g/mol. The maximum Gasteiger partial charge on any atom is 0.417 e. The second kappa shape index (κ2) is 4.40. The number of rotatable bonds is 3. The third-order valence-corrected chi connectivity index (χ3v) is 3.50. The molecule has 2 N–H and O–H groups in total. The Labute approximate surface area is 106 Å². The molecular weight excluding hydrogens is 252 g/mol. The zero-order valence-corrected chi connectivity index (χ0v) is 10.2. The van der Waals surface area contributed by atoms with Crippen LogP contribution in [-0.2, 0) is 6.42 Å². The topological polar surface area (TPSA) is 79.1 Å². The molecule has 2 aromatic heterocycles. The van der Waals surface area contributed by atoms with E-state index in [-0.39, 0.29) is 6.61 Å². The second-order valence-electron chi connectivity index (χ2n) is 3.83. The Morgan fingerprint density at radius 1 is 1.44 bits per heavy atom. The molecule has 0 radical (unpaired) electrons. The van der Waals surface area contributed by atoms with Gasteiger partial charge in [0.1, 0.15) is 0 Å². The van der Waals surface area contributed by atoms with Crippen LogP contribution >= 0.6 is 11.3 Å². The van der Waals surface area contributed by atoms with Gasteiger partial charge in [-0.05, 0) is 12.1 Å². The minimum absolute atomic E-state index is 0.0959. The highest BCUT2D eigenvalue weighted by Crippen LogP contribution is 2.24. The first-order valence-corrected chi connectivity index (χ1v) is 6.33. The number of aliphatic hydroxyl groups is 1. The van der Waals surface area contributed by atoms with Crippen LogP contribution in [0.1, 0.15) is 5.01 Å². The van der Waals surface area contributed by atoms with Gasteiger partial charge in [-0.15, -0.1) is 11.3 Å². The number of aliphatic hydroxyl groups excluding tert-OH is 1. The lowest BCUT2D eigenvalue weighted by Gasteiger charge is -1.95. The third-order valence-electron chi connectivity index (χ3n) is 2.59. The standard InChI is InChI=1S/C12H10N2O3S/c15-4-3-11-13-9(6-18-11)7-1-2-8-10(5-7)17-12(16)14-8/h1-2,5-6,15H,3-4H2,(H,14,16). The lowest BCUT2D eigenvalue weighted by atomic mass is 10.1. The fourth-order valence-electron chi connectivity index (χ4n) is 1.76. The normalized spacial score (nSPS) is 11.2. The van der Waals surface area contributed by atoms with Gasteiger partial charge < -0.3 is 9.52 Å². The van der Waals surface area contributed by atoms with Gasteiger partial charge in [0.2, 0.25) is 0 Å². The minimum atomic E-state index is -0.457. The van der Waals surface area contributed by atoms with Crippen LogP contribution in [0.5, 0.6) is 0 Å². The number of hydrogen-bond donors (Lipinski definition) is 2. The van der Waals surface area contributed by atoms with Crippen LogP contribution in [-0.4, -0.2) is 21.7 Å². The summed E-state index contributed by atoms with van der Waals surface area (Å²) in [5.41, 5.74) is 2.92. The summed E-state index contributed by atoms with van der Waals surface area (Å²) >= 11 is 1.51. The molecular formula is C12H10N2O3S. The number of H-pyrrole nitrogens is 1. The van der Waals surface area contributed by atoms with Gasteiger partial charge in [-0.1, -0.05) is 6.07 Å². The molecule has 0 bridgehead atoms. The highest BCUT2D eigenvalue weighted by atomic mass is 32.1. The van der Waals surface area contributed by atoms with Crippen molar-refractivity contribution in [2.24, 2.45) is 0 Å². The van der Waals surface area contributed by atoms with E-state index in [1.54, 1.807) is 12.1 Å². The molecule has 0 spiro atoms. The van der Waals surface area contributed by atoms with E-state index in [9.17, 15) is 4.79 Å². The Morgan fingerprint density at radius 3 is 3.17 bits per heavy atom. The van der Waals surface area contributed by atoms with Gasteiger partial charge >= 0.3 is 5.76 Å². The van der Waals surface area contributed by atoms with Crippen molar-refractivity contribution >= 4 is 22.4 Å². The average Bonchev–Trinajstić information content (AvgIpc) is 2.93. The van der Waals surface area contributed by atoms with Crippen LogP contribution in [0.15, 0.2) is 32.8 Å². The van der Waals surface area contributed by atoms with Crippen molar-refractivity contribution < 1.29 is 9.52 Å². The van der Waals surface area contributed by atoms with Crippen LogP contribution in [0.2, 0.25) is 0 Å². The molecule has 0 aliphatic heterocycles. The van der Waals surface area contributed by atoms with Gasteiger partial charge in [-0.3, -0.25) is 4.98 Å². The van der Waals surface area contributed by atoms with E-state index in [1.165, 1.54) is 11.3 Å². The molecule has 0 aliphatic rings. The molecule has 0 unspecified atom stereocenters. The number of thiazole rings is 1. The van der Waals surface area contributed by atoms with Crippen molar-refractivity contribution in [1.82, 2.24) is 9.97 Å². The van der Waals surface area contributed by atoms with Crippen LogP contribution in [0.4, 0.5) is 0 Å². The maximum absolute atomic E-state index is 11.1. The smallest absolute Gasteiger partial charge is 0.408 e. The highest BCUT2D eigenvalue weighted by molar-refractivity contribution is 7.09. The Morgan fingerprint density at radius 2 is 2.33 bits per heavy atom. The number of nitrogens with one attached hydrogen (secondary N) is 1. The molecule has 0 atom stereocenters. The highest BCUT2D eigenvalue weighted by Gasteiger charge is 2.07. The van der Waals surface area contributed by atoms with Crippen molar-refractivity contribution in [2.45, 2.75) is 6.42 Å². The fraction of sp³-hybridized carbons (Fsp3) is 0.167. The summed E-state index contributed by atoms with van der Waals surface area (Å²) in [5, 5.41) is 11.7. The Bertz CT molecular complexity index is 741. The van der Waals surface area contributed by atoms with E-state index in [4.69, 9.17) is 9.52 Å². The second-order valence-corrected chi connectivity index (χ2v) is 4.77. The van der Waals surface area contributed by atoms with Crippen LogP contribution in [0, 0.1) is 0 Å². The number of oxazole rings is 1. The Kier molecular flexibility index (Phi) is 2.73. The molecule has 0 aliphatic carbocycles. The SMILES string of the molecule is O=c1[nH]c2ccc(-c3csc(CCO)n3)cc2o1. The average molecular weight is 262 g/mol. The Balaban J connectivity index is 2.04. The summed E-state index contributed by atoms with van der Waals surface area (Å²) < 4.78 is 5.01. The van der Waals surface area contributed by atoms with Crippen molar-refractivity contribution in [3.63, 3.8) is 0 Å². The molecule has 2 heterocycles. The molecule has 6 heteroatoms. The summed E-state index contributed by atoms with van der Waals surface area (Å²) in [5.74, 6) is -0.457. The number of fused-ring (bicyclic) bond motifs is 1. The van der Waals surface area contributed by atoms with E-state index in [1.807, 2.05) is 11.4 Å². The van der Waals surface area contributed by atoms with Crippen LogP contribution in [0.3, 0.4) is 0 Å². The molecule has 0 amide bonds. The minimum Gasteiger partial charge on any atom is -0.408 e. The summed E-state index contributed by atoms with van der Waals surface area (Å²) in [6, 6.07) is 5.46. The molecule has 92 valence electrons. The predicted molar refractivity (Wildman–Crippen MR) is 68.7 cm³/mol. The molecule has 3 rings (SSSR count). The van der Waals surface area contributed by atoms with Gasteiger partial charge in [0.05, 0.1) is 16.2 Å². The van der Waals surface area contributed by atoms with Gasteiger partial charge in [0.25, 0.3) is 0 Å². The molecule has 1 aromatic carbocycles. The first-order valence-electron chi connectivity index (χ1n) is 5.45. The zero-order chi connectivity index (χ0) is 12.5. The van der Waals surface area contributed by atoms with Crippen molar-refractivity contribution in [3.8, 4) is 11.3 Å². The van der Waals surface area contributed by atoms with Crippen molar-refractivity contribution in [1.29, 1.82) is 0 Å².